The molecule has 0 bridgehead atoms. The van der Waals surface area contributed by atoms with Gasteiger partial charge in [-0.1, -0.05) is 35.5 Å². The quantitative estimate of drug-likeness (QED) is 0.312. The number of nitrogens with one attached hydrogen (secondary N) is 4. The predicted molar refractivity (Wildman–Crippen MR) is 136 cm³/mol. The number of hydrogen-bond acceptors (Lipinski definition) is 8. The second-order valence-electron chi connectivity index (χ2n) is 7.64. The zero-order valence-corrected chi connectivity index (χ0v) is 20.3. The fraction of sp³-hybridized carbons (Fsp3) is 0.174. The van der Waals surface area contributed by atoms with Gasteiger partial charge in [0.15, 0.2) is 5.17 Å². The number of amides is 2. The molecule has 2 atom stereocenters. The molecule has 11 nitrogen and oxygen atoms in total. The van der Waals surface area contributed by atoms with E-state index in [0.717, 1.165) is 11.8 Å². The van der Waals surface area contributed by atoms with E-state index < -0.39 is 34.3 Å². The van der Waals surface area contributed by atoms with Crippen molar-refractivity contribution in [1.29, 1.82) is 0 Å². The van der Waals surface area contributed by atoms with Crippen molar-refractivity contribution in [2.24, 2.45) is 4.99 Å². The molecule has 2 heterocycles. The Kier molecular flexibility index (Phi) is 7.46. The Labute approximate surface area is 213 Å². The lowest BCUT2D eigenvalue weighted by Gasteiger charge is -2.15. The van der Waals surface area contributed by atoms with Crippen LogP contribution in [0.2, 0.25) is 5.02 Å². The van der Waals surface area contributed by atoms with E-state index in [2.05, 4.69) is 25.6 Å². The third-order valence-corrected chi connectivity index (χ3v) is 6.53. The number of anilines is 1. The molecule has 2 amide bonds. The van der Waals surface area contributed by atoms with Crippen molar-refractivity contribution in [3.8, 4) is 11.6 Å². The molecule has 1 aliphatic heterocycles. The average molecular weight is 530 g/mol. The molecular weight excluding hydrogens is 510 g/mol. The Morgan fingerprint density at radius 2 is 1.83 bits per heavy atom. The maximum atomic E-state index is 12.6. The Morgan fingerprint density at radius 3 is 2.47 bits per heavy atom. The highest BCUT2D eigenvalue weighted by Gasteiger charge is 2.33. The van der Waals surface area contributed by atoms with Crippen LogP contribution in [0.15, 0.2) is 63.1 Å². The van der Waals surface area contributed by atoms with Crippen LogP contribution in [0, 0.1) is 0 Å². The van der Waals surface area contributed by atoms with Crippen molar-refractivity contribution >= 4 is 46.0 Å². The lowest BCUT2D eigenvalue weighted by atomic mass is 10.0. The molecule has 1 fully saturated rings. The largest absolute Gasteiger partial charge is 0.497 e. The molecule has 4 rings (SSSR count). The van der Waals surface area contributed by atoms with Crippen LogP contribution in [-0.4, -0.2) is 44.4 Å². The molecule has 2 aromatic carbocycles. The molecule has 1 aromatic heterocycles. The first kappa shape index (κ1) is 25.1. The third-order valence-electron chi connectivity index (χ3n) is 5.19. The van der Waals surface area contributed by atoms with Crippen LogP contribution < -0.4 is 26.6 Å². The molecule has 0 spiro atoms. The van der Waals surface area contributed by atoms with E-state index in [0.29, 0.717) is 22.0 Å². The summed E-state index contributed by atoms with van der Waals surface area (Å²) in [6, 6.07) is 12.0. The van der Waals surface area contributed by atoms with E-state index in [1.807, 2.05) is 0 Å². The van der Waals surface area contributed by atoms with Crippen molar-refractivity contribution < 1.29 is 19.4 Å². The number of amidine groups is 1. The Morgan fingerprint density at radius 1 is 1.14 bits per heavy atom. The normalized spacial score (nSPS) is 17.0. The van der Waals surface area contributed by atoms with Crippen LogP contribution in [0.5, 0.6) is 11.6 Å². The Hall–Kier alpha value is -4.03. The molecule has 3 aromatic rings. The summed E-state index contributed by atoms with van der Waals surface area (Å²) in [5, 5.41) is 15.5. The number of aliphatic imine (C=N–C) groups is 1. The maximum absolute atomic E-state index is 12.6. The van der Waals surface area contributed by atoms with Gasteiger partial charge < -0.3 is 20.5 Å². The monoisotopic (exact) mass is 529 g/mol. The van der Waals surface area contributed by atoms with Gasteiger partial charge in [-0.2, -0.15) is 0 Å². The van der Waals surface area contributed by atoms with Crippen molar-refractivity contribution in [2.75, 3.05) is 12.4 Å². The van der Waals surface area contributed by atoms with Crippen molar-refractivity contribution in [1.82, 2.24) is 15.3 Å². The second-order valence-corrected chi connectivity index (χ2v) is 9.26. The fourth-order valence-electron chi connectivity index (χ4n) is 3.46. The average Bonchev–Trinajstić information content (AvgIpc) is 3.17. The number of methoxy groups -OCH3 is 1. The van der Waals surface area contributed by atoms with E-state index in [1.165, 1.54) is 7.11 Å². The first-order valence-electron chi connectivity index (χ1n) is 10.5. The number of ether oxygens (including phenoxy) is 1. The molecule has 186 valence electrons. The summed E-state index contributed by atoms with van der Waals surface area (Å²) in [6.07, 6.45) is -0.129. The van der Waals surface area contributed by atoms with Gasteiger partial charge >= 0.3 is 5.69 Å². The number of thioether (sulfide) groups is 1. The number of carbonyl (C=O) groups excluding carboxylic acids is 2. The van der Waals surface area contributed by atoms with E-state index >= 15 is 0 Å². The highest BCUT2D eigenvalue weighted by Crippen LogP contribution is 2.32. The molecule has 0 radical (unpaired) electrons. The van der Waals surface area contributed by atoms with E-state index in [9.17, 15) is 24.3 Å². The minimum Gasteiger partial charge on any atom is -0.497 e. The molecular formula is C23H20ClN5O6S. The zero-order valence-electron chi connectivity index (χ0n) is 18.7. The number of hydrogen-bond donors (Lipinski definition) is 5. The number of carbonyl (C=O) groups is 2. The van der Waals surface area contributed by atoms with E-state index in [1.54, 1.807) is 48.5 Å². The van der Waals surface area contributed by atoms with Gasteiger partial charge in [-0.05, 0) is 42.0 Å². The summed E-state index contributed by atoms with van der Waals surface area (Å²) in [4.78, 5) is 57.8. The summed E-state index contributed by atoms with van der Waals surface area (Å²) in [6.45, 7) is 0. The number of aromatic nitrogens is 2. The second kappa shape index (κ2) is 10.7. The first-order chi connectivity index (χ1) is 17.2. The summed E-state index contributed by atoms with van der Waals surface area (Å²) < 4.78 is 5.16. The summed E-state index contributed by atoms with van der Waals surface area (Å²) in [5.41, 5.74) is -0.915. The lowest BCUT2D eigenvalue weighted by Crippen LogP contribution is -2.29. The van der Waals surface area contributed by atoms with Crippen LogP contribution in [0.1, 0.15) is 23.6 Å². The van der Waals surface area contributed by atoms with Gasteiger partial charge in [0.1, 0.15) is 22.6 Å². The lowest BCUT2D eigenvalue weighted by molar-refractivity contribution is -0.122. The van der Waals surface area contributed by atoms with Crippen LogP contribution in [0.4, 0.5) is 5.69 Å². The number of halogens is 1. The highest BCUT2D eigenvalue weighted by atomic mass is 35.5. The molecule has 1 saturated heterocycles. The zero-order chi connectivity index (χ0) is 25.8. The minimum atomic E-state index is -1.08. The number of aromatic amines is 2. The van der Waals surface area contributed by atoms with Crippen LogP contribution in [0.3, 0.4) is 0 Å². The van der Waals surface area contributed by atoms with Crippen molar-refractivity contribution in [3.05, 3.63) is 85.5 Å². The van der Waals surface area contributed by atoms with Gasteiger partial charge in [-0.15, -0.1) is 0 Å². The fourth-order valence-corrected chi connectivity index (χ4v) is 4.58. The number of H-pyrrole nitrogens is 2. The summed E-state index contributed by atoms with van der Waals surface area (Å²) in [5.74, 6) is -0.909. The molecule has 1 aliphatic rings. The topological polar surface area (TPSA) is 166 Å². The molecule has 5 N–H and O–H groups in total. The van der Waals surface area contributed by atoms with Crippen LogP contribution >= 0.6 is 23.4 Å². The predicted octanol–water partition coefficient (Wildman–Crippen LogP) is 2.14. The van der Waals surface area contributed by atoms with Gasteiger partial charge in [0.2, 0.25) is 17.7 Å². The van der Waals surface area contributed by atoms with Crippen LogP contribution in [-0.2, 0) is 9.59 Å². The third kappa shape index (κ3) is 5.78. The molecule has 0 unspecified atom stereocenters. The SMILES string of the molecule is COc1ccc([C@H](N=C2NC(=O)[C@H](CC(=O)Nc3ccc(Cl)cc3)S2)c2c(O)[nH]c(=O)[nH]c2=O)cc1. The van der Waals surface area contributed by atoms with Gasteiger partial charge in [0.25, 0.3) is 5.56 Å². The Bertz CT molecular complexity index is 1440. The number of aromatic hydroxyl groups is 1. The van der Waals surface area contributed by atoms with Crippen molar-refractivity contribution in [3.63, 3.8) is 0 Å². The molecule has 0 saturated carbocycles. The molecule has 0 aliphatic carbocycles. The first-order valence-corrected chi connectivity index (χ1v) is 11.8. The van der Waals surface area contributed by atoms with E-state index in [-0.39, 0.29) is 23.1 Å². The smallest absolute Gasteiger partial charge is 0.328 e. The van der Waals surface area contributed by atoms with Gasteiger partial charge in [-0.25, -0.2) is 9.79 Å². The minimum absolute atomic E-state index is 0.129. The number of benzene rings is 2. The molecule has 36 heavy (non-hydrogen) atoms. The van der Waals surface area contributed by atoms with Crippen molar-refractivity contribution in [2.45, 2.75) is 17.7 Å². The Balaban J connectivity index is 1.59. The standard InChI is InChI=1S/C23H20ClN5O6S/c1-35-14-8-2-11(3-9-14)18(17-20(32)27-22(34)28-21(17)33)26-23-29-19(31)15(36-23)10-16(30)25-13-6-4-12(24)5-7-13/h2-9,15,18H,10H2,1H3,(H,25,30)(H,26,29,31)(H3,27,28,32,33,34)/t15-,18-/m0/s1. The maximum Gasteiger partial charge on any atom is 0.328 e. The molecule has 13 heteroatoms. The van der Waals surface area contributed by atoms with Gasteiger partial charge in [-0.3, -0.25) is 24.4 Å². The highest BCUT2D eigenvalue weighted by molar-refractivity contribution is 8.15. The number of nitrogens with zero attached hydrogens (tertiary/aromatic N) is 1. The van der Waals surface area contributed by atoms with Gasteiger partial charge in [0.05, 0.1) is 7.11 Å². The van der Waals surface area contributed by atoms with Crippen LogP contribution in [0.25, 0.3) is 0 Å². The summed E-state index contributed by atoms with van der Waals surface area (Å²) in [7, 11) is 1.50. The van der Waals surface area contributed by atoms with E-state index in [4.69, 9.17) is 16.3 Å². The summed E-state index contributed by atoms with van der Waals surface area (Å²) >= 11 is 6.87. The van der Waals surface area contributed by atoms with Gasteiger partial charge in [0, 0.05) is 17.1 Å². The number of rotatable bonds is 7.